The van der Waals surface area contributed by atoms with Crippen LogP contribution in [0.15, 0.2) is 76.5 Å². The molecule has 0 spiro atoms. The molecular weight excluding hydrogens is 407 g/mol. The quantitative estimate of drug-likeness (QED) is 0.317. The first-order valence-electron chi connectivity index (χ1n) is 10.2. The highest BCUT2D eigenvalue weighted by Crippen LogP contribution is 2.35. The molecule has 0 saturated carbocycles. The fourth-order valence-corrected chi connectivity index (χ4v) is 3.79. The molecule has 1 atom stereocenters. The molecule has 0 N–H and O–H groups in total. The second kappa shape index (κ2) is 10.2. The van der Waals surface area contributed by atoms with E-state index in [1.54, 1.807) is 0 Å². The number of rotatable bonds is 7. The van der Waals surface area contributed by atoms with Crippen molar-refractivity contribution in [2.75, 3.05) is 6.66 Å². The maximum atomic E-state index is 11.9. The molecule has 0 saturated heterocycles. The van der Waals surface area contributed by atoms with Crippen LogP contribution in [0.5, 0.6) is 0 Å². The molecule has 0 amide bonds. The van der Waals surface area contributed by atoms with Crippen molar-refractivity contribution in [3.05, 3.63) is 83.8 Å². The van der Waals surface area contributed by atoms with Gasteiger partial charge in [-0.3, -0.25) is 4.79 Å². The molecule has 0 radical (unpaired) electrons. The fraction of sp³-hybridized carbons (Fsp3) is 0.208. The van der Waals surface area contributed by atoms with E-state index in [0.717, 1.165) is 41.0 Å². The van der Waals surface area contributed by atoms with Gasteiger partial charge in [-0.25, -0.2) is 19.1 Å². The summed E-state index contributed by atoms with van der Waals surface area (Å²) in [6, 6.07) is 17.8. The Morgan fingerprint density at radius 3 is 2.58 bits per heavy atom. The Hall–Kier alpha value is -3.24. The summed E-state index contributed by atoms with van der Waals surface area (Å²) in [5.41, 5.74) is 4.77. The van der Waals surface area contributed by atoms with Crippen LogP contribution in [0.1, 0.15) is 29.7 Å². The molecule has 0 fully saturated rings. The predicted octanol–water partition coefficient (Wildman–Crippen LogP) is 4.35. The average Bonchev–Trinajstić information content (AvgIpc) is 3.00. The summed E-state index contributed by atoms with van der Waals surface area (Å²) >= 11 is 0. The monoisotopic (exact) mass is 431 g/mol. The molecule has 0 bridgehead atoms. The van der Waals surface area contributed by atoms with Crippen molar-refractivity contribution in [3.8, 4) is 11.3 Å². The topological polar surface area (TPSA) is 67.8 Å². The van der Waals surface area contributed by atoms with Crippen LogP contribution in [0.2, 0.25) is 0 Å². The van der Waals surface area contributed by atoms with E-state index in [-0.39, 0.29) is 5.97 Å². The maximum absolute atomic E-state index is 11.9. The van der Waals surface area contributed by atoms with E-state index in [1.807, 2.05) is 86.1 Å². The van der Waals surface area contributed by atoms with Crippen LogP contribution in [-0.2, 0) is 22.7 Å². The minimum atomic E-state index is -0.696. The van der Waals surface area contributed by atoms with E-state index in [9.17, 15) is 4.79 Å². The van der Waals surface area contributed by atoms with Gasteiger partial charge in [0.2, 0.25) is 0 Å². The SMILES string of the molecule is CP1N=Cc2ccc(-c3cc[n+](CCCC(=O)OCc4ccccc4)cc3)nc2C=N1. The molecule has 156 valence electrons. The van der Waals surface area contributed by atoms with Gasteiger partial charge in [0.25, 0.3) is 0 Å². The first-order chi connectivity index (χ1) is 15.2. The van der Waals surface area contributed by atoms with Crippen LogP contribution in [0.25, 0.3) is 11.3 Å². The number of hydrogen-bond donors (Lipinski definition) is 0. The zero-order valence-corrected chi connectivity index (χ0v) is 18.3. The van der Waals surface area contributed by atoms with Crippen LogP contribution in [0.4, 0.5) is 0 Å². The molecule has 3 aromatic rings. The summed E-state index contributed by atoms with van der Waals surface area (Å²) in [4.78, 5) is 16.7. The molecule has 1 aliphatic heterocycles. The number of esters is 1. The number of ether oxygens (including phenoxy) is 1. The normalized spacial score (nSPS) is 14.7. The molecule has 1 aromatic carbocycles. The number of aryl methyl sites for hydroxylation is 1. The third kappa shape index (κ3) is 5.89. The van der Waals surface area contributed by atoms with Gasteiger partial charge in [0.05, 0.1) is 24.0 Å². The first-order valence-corrected chi connectivity index (χ1v) is 11.9. The summed E-state index contributed by atoms with van der Waals surface area (Å²) in [6.45, 7) is 3.08. The second-order valence-corrected chi connectivity index (χ2v) is 8.66. The minimum absolute atomic E-state index is 0.170. The summed E-state index contributed by atoms with van der Waals surface area (Å²) < 4.78 is 16.2. The number of benzene rings is 1. The van der Waals surface area contributed by atoms with E-state index in [2.05, 4.69) is 14.1 Å². The number of carbonyl (C=O) groups is 1. The number of aromatic nitrogens is 2. The van der Waals surface area contributed by atoms with Crippen molar-refractivity contribution in [3.63, 3.8) is 0 Å². The smallest absolute Gasteiger partial charge is 0.306 e. The summed E-state index contributed by atoms with van der Waals surface area (Å²) in [6.07, 6.45) is 8.82. The minimum Gasteiger partial charge on any atom is -0.461 e. The van der Waals surface area contributed by atoms with Gasteiger partial charge in [0.1, 0.15) is 21.4 Å². The van der Waals surface area contributed by atoms with Gasteiger partial charge >= 0.3 is 5.97 Å². The Kier molecular flexibility index (Phi) is 6.90. The van der Waals surface area contributed by atoms with Gasteiger partial charge < -0.3 is 4.74 Å². The Morgan fingerprint density at radius 1 is 1.00 bits per heavy atom. The highest BCUT2D eigenvalue weighted by molar-refractivity contribution is 7.54. The van der Waals surface area contributed by atoms with Crippen molar-refractivity contribution in [1.29, 1.82) is 0 Å². The van der Waals surface area contributed by atoms with Gasteiger partial charge in [0.15, 0.2) is 12.4 Å². The lowest BCUT2D eigenvalue weighted by atomic mass is 10.1. The third-order valence-corrected chi connectivity index (χ3v) is 5.79. The standard InChI is InChI=1S/C24H24N4O2P/c1-31-25-16-21-9-10-22(27-23(21)17-26-31)20-11-14-28(15-12-20)13-5-8-24(29)30-18-19-6-3-2-4-7-19/h2-4,6-7,9-12,14-17H,5,8,13,18H2,1H3/q+1. The van der Waals surface area contributed by atoms with Gasteiger partial charge in [0, 0.05) is 35.9 Å². The molecule has 3 heterocycles. The fourth-order valence-electron chi connectivity index (χ4n) is 3.17. The molecule has 4 rings (SSSR count). The lowest BCUT2D eigenvalue weighted by Gasteiger charge is -2.05. The van der Waals surface area contributed by atoms with E-state index < -0.39 is 8.22 Å². The van der Waals surface area contributed by atoms with E-state index >= 15 is 0 Å². The number of hydrogen-bond acceptors (Lipinski definition) is 5. The van der Waals surface area contributed by atoms with Gasteiger partial charge in [-0.15, -0.1) is 0 Å². The summed E-state index contributed by atoms with van der Waals surface area (Å²) in [7, 11) is -0.696. The Morgan fingerprint density at radius 2 is 1.77 bits per heavy atom. The van der Waals surface area contributed by atoms with Crippen LogP contribution >= 0.6 is 8.22 Å². The number of carbonyl (C=O) groups excluding carboxylic acids is 1. The summed E-state index contributed by atoms with van der Waals surface area (Å²) in [5, 5.41) is 0. The van der Waals surface area contributed by atoms with E-state index in [4.69, 9.17) is 9.72 Å². The molecule has 1 aliphatic rings. The zero-order chi connectivity index (χ0) is 21.5. The first kappa shape index (κ1) is 21.0. The number of pyridine rings is 2. The molecule has 1 unspecified atom stereocenters. The maximum Gasteiger partial charge on any atom is 0.306 e. The van der Waals surface area contributed by atoms with Crippen LogP contribution in [-0.4, -0.2) is 30.0 Å². The highest BCUT2D eigenvalue weighted by atomic mass is 31.1. The van der Waals surface area contributed by atoms with Crippen molar-refractivity contribution in [2.45, 2.75) is 26.0 Å². The van der Waals surface area contributed by atoms with Gasteiger partial charge in [-0.1, -0.05) is 30.3 Å². The van der Waals surface area contributed by atoms with Crippen LogP contribution < -0.4 is 4.57 Å². The second-order valence-electron chi connectivity index (χ2n) is 7.22. The van der Waals surface area contributed by atoms with Gasteiger partial charge in [-0.2, -0.15) is 0 Å². The van der Waals surface area contributed by atoms with Gasteiger partial charge in [-0.05, 0) is 24.4 Å². The van der Waals surface area contributed by atoms with E-state index in [0.29, 0.717) is 13.0 Å². The average molecular weight is 431 g/mol. The molecule has 31 heavy (non-hydrogen) atoms. The van der Waals surface area contributed by atoms with Crippen molar-refractivity contribution in [1.82, 2.24) is 4.98 Å². The van der Waals surface area contributed by atoms with E-state index in [1.165, 1.54) is 0 Å². The lowest BCUT2D eigenvalue weighted by molar-refractivity contribution is -0.697. The molecular formula is C24H24N4O2P+. The van der Waals surface area contributed by atoms with Crippen molar-refractivity contribution >= 4 is 26.6 Å². The predicted molar refractivity (Wildman–Crippen MR) is 123 cm³/mol. The summed E-state index contributed by atoms with van der Waals surface area (Å²) in [5.74, 6) is -0.170. The van der Waals surface area contributed by atoms with Crippen LogP contribution in [0, 0.1) is 0 Å². The zero-order valence-electron chi connectivity index (χ0n) is 17.4. The molecule has 0 aliphatic carbocycles. The number of nitrogens with zero attached hydrogens (tertiary/aromatic N) is 4. The van der Waals surface area contributed by atoms with Crippen molar-refractivity contribution < 1.29 is 14.1 Å². The lowest BCUT2D eigenvalue weighted by Crippen LogP contribution is -2.32. The third-order valence-electron chi connectivity index (χ3n) is 4.90. The Labute approximate surface area is 183 Å². The molecule has 7 heteroatoms. The highest BCUT2D eigenvalue weighted by Gasteiger charge is 2.10. The van der Waals surface area contributed by atoms with Crippen LogP contribution in [0.3, 0.4) is 0 Å². The number of fused-ring (bicyclic) bond motifs is 1. The molecule has 2 aromatic heterocycles. The largest absolute Gasteiger partial charge is 0.461 e. The Bertz CT molecular complexity index is 1100. The van der Waals surface area contributed by atoms with Crippen molar-refractivity contribution in [2.24, 2.45) is 9.53 Å². The Balaban J connectivity index is 1.29. The molecule has 6 nitrogen and oxygen atoms in total.